The number of fused-ring (bicyclic) bond motifs is 1. The van der Waals surface area contributed by atoms with Crippen LogP contribution in [0, 0.1) is 24.6 Å². The van der Waals surface area contributed by atoms with Crippen LogP contribution < -0.4 is 0 Å². The molecular formula is C31H32F7NO3. The molecule has 42 heavy (non-hydrogen) atoms. The second-order valence-corrected chi connectivity index (χ2v) is 11.6. The van der Waals surface area contributed by atoms with Crippen LogP contribution in [0.5, 0.6) is 0 Å². The smallest absolute Gasteiger partial charge is 0.373 e. The van der Waals surface area contributed by atoms with Crippen LogP contribution >= 0.6 is 0 Å². The Kier molecular flexibility index (Phi) is 8.21. The largest absolute Gasteiger partial charge is 0.416 e. The second-order valence-electron chi connectivity index (χ2n) is 11.6. The molecule has 0 aromatic heterocycles. The Hall–Kier alpha value is -2.92. The molecular weight excluding hydrogens is 567 g/mol. The van der Waals surface area contributed by atoms with Crippen molar-refractivity contribution < 1.29 is 45.4 Å². The van der Waals surface area contributed by atoms with Gasteiger partial charge in [-0.2, -0.15) is 26.3 Å². The van der Waals surface area contributed by atoms with Crippen LogP contribution in [0.3, 0.4) is 0 Å². The average molecular weight is 600 g/mol. The van der Waals surface area contributed by atoms with Crippen LogP contribution in [0.4, 0.5) is 30.7 Å². The average Bonchev–Trinajstić information content (AvgIpc) is 3.24. The number of likely N-dealkylation sites (tertiary alicyclic amines) is 1. The van der Waals surface area contributed by atoms with Crippen molar-refractivity contribution in [1.29, 1.82) is 0 Å². The number of hydrogen-bond donors (Lipinski definition) is 1. The van der Waals surface area contributed by atoms with Gasteiger partial charge in [0.05, 0.1) is 23.3 Å². The Morgan fingerprint density at radius 2 is 1.64 bits per heavy atom. The summed E-state index contributed by atoms with van der Waals surface area (Å²) >= 11 is 0. The van der Waals surface area contributed by atoms with E-state index in [-0.39, 0.29) is 23.3 Å². The lowest BCUT2D eigenvalue weighted by Gasteiger charge is -2.42. The predicted octanol–water partition coefficient (Wildman–Crippen LogP) is 7.70. The predicted molar refractivity (Wildman–Crippen MR) is 139 cm³/mol. The van der Waals surface area contributed by atoms with E-state index in [4.69, 9.17) is 4.74 Å². The molecule has 0 bridgehead atoms. The van der Waals surface area contributed by atoms with Gasteiger partial charge in [0, 0.05) is 36.6 Å². The molecule has 3 aliphatic rings. The number of allylic oxidation sites excluding steroid dienone is 2. The van der Waals surface area contributed by atoms with E-state index in [2.05, 4.69) is 0 Å². The third-order valence-corrected chi connectivity index (χ3v) is 8.88. The molecule has 11 heteroatoms. The van der Waals surface area contributed by atoms with E-state index >= 15 is 0 Å². The molecule has 5 rings (SSSR count). The number of aliphatic hydroxyl groups excluding tert-OH is 1. The number of ketones is 1. The van der Waals surface area contributed by atoms with E-state index < -0.39 is 59.6 Å². The van der Waals surface area contributed by atoms with Crippen LogP contribution in [0.2, 0.25) is 0 Å². The van der Waals surface area contributed by atoms with Gasteiger partial charge in [-0.1, -0.05) is 6.07 Å². The van der Waals surface area contributed by atoms with Crippen molar-refractivity contribution >= 4 is 5.78 Å². The van der Waals surface area contributed by atoms with Gasteiger partial charge in [-0.15, -0.1) is 0 Å². The van der Waals surface area contributed by atoms with E-state index in [0.29, 0.717) is 61.9 Å². The van der Waals surface area contributed by atoms with E-state index in [0.717, 1.165) is 5.70 Å². The molecule has 1 N–H and O–H groups in total. The molecule has 1 heterocycles. The number of rotatable bonds is 5. The molecule has 6 atom stereocenters. The van der Waals surface area contributed by atoms with Gasteiger partial charge < -0.3 is 14.7 Å². The lowest BCUT2D eigenvalue weighted by atomic mass is 9.68. The van der Waals surface area contributed by atoms with E-state index in [9.17, 15) is 40.6 Å². The molecule has 2 aromatic rings. The van der Waals surface area contributed by atoms with Crippen molar-refractivity contribution in [1.82, 2.24) is 4.90 Å². The maximum absolute atomic E-state index is 14.1. The third kappa shape index (κ3) is 6.08. The van der Waals surface area contributed by atoms with Crippen molar-refractivity contribution in [3.05, 3.63) is 81.8 Å². The number of alkyl halides is 6. The van der Waals surface area contributed by atoms with Crippen LogP contribution in [-0.4, -0.2) is 34.7 Å². The van der Waals surface area contributed by atoms with Gasteiger partial charge in [0.2, 0.25) is 0 Å². The summed E-state index contributed by atoms with van der Waals surface area (Å²) in [6.45, 7) is 3.62. The first-order valence-corrected chi connectivity index (χ1v) is 14.0. The standard InChI is InChI=1S/C31H32F7NO3/c1-16-10-22(32)7-8-25(16)28-26(9-6-18-15-39(29(41)27(18)28)23-4-3-5-24(40)14-23)42-17(2)19-11-20(30(33,34)35)13-21(12-19)31(36,37)38/h7-8,10-14,17-18,26-29,41H,3-6,9,15H2,1-2H3/t17-,18-,26+,27-,28-,29?/m1/s1. The van der Waals surface area contributed by atoms with Crippen molar-refractivity contribution in [2.45, 2.75) is 82.7 Å². The number of nitrogens with zero attached hydrogens (tertiary/aromatic N) is 1. The lowest BCUT2D eigenvalue weighted by molar-refractivity contribution is -0.143. The minimum atomic E-state index is -4.99. The number of hydrogen-bond acceptors (Lipinski definition) is 4. The normalized spacial score (nSPS) is 27.6. The highest BCUT2D eigenvalue weighted by molar-refractivity contribution is 5.91. The summed E-state index contributed by atoms with van der Waals surface area (Å²) < 4.78 is 102. The molecule has 1 unspecified atom stereocenters. The number of benzene rings is 2. The molecule has 1 saturated heterocycles. The first-order chi connectivity index (χ1) is 19.6. The Bertz CT molecular complexity index is 1340. The fraction of sp³-hybridized carbons (Fsp3) is 0.516. The summed E-state index contributed by atoms with van der Waals surface area (Å²) in [5.41, 5.74) is -1.08. The summed E-state index contributed by atoms with van der Waals surface area (Å²) in [5, 5.41) is 11.6. The van der Waals surface area contributed by atoms with Crippen molar-refractivity contribution in [2.24, 2.45) is 11.8 Å². The Labute approximate surface area is 239 Å². The quantitative estimate of drug-likeness (QED) is 0.358. The molecule has 228 valence electrons. The number of halogens is 7. The highest BCUT2D eigenvalue weighted by Crippen LogP contribution is 2.52. The maximum atomic E-state index is 14.1. The minimum Gasteiger partial charge on any atom is -0.373 e. The second kappa shape index (κ2) is 11.3. The molecule has 2 fully saturated rings. The SMILES string of the molecule is Cc1cc(F)ccc1[C@H]1[C@@H]2C(O)N(C3=CC(=O)CCC3)C[C@H]2CC[C@@H]1O[C@H](C)c1cc(C(F)(F)F)cc(C(F)(F)F)c1. The zero-order chi connectivity index (χ0) is 30.6. The monoisotopic (exact) mass is 599 g/mol. The summed E-state index contributed by atoms with van der Waals surface area (Å²) in [6.07, 6.45) is -8.50. The van der Waals surface area contributed by atoms with E-state index in [1.54, 1.807) is 19.1 Å². The first-order valence-electron chi connectivity index (χ1n) is 14.0. The molecule has 2 aromatic carbocycles. The van der Waals surface area contributed by atoms with Gasteiger partial charge >= 0.3 is 12.4 Å². The van der Waals surface area contributed by atoms with Gasteiger partial charge in [-0.05, 0) is 92.5 Å². The van der Waals surface area contributed by atoms with Gasteiger partial charge in [-0.25, -0.2) is 4.39 Å². The number of aryl methyl sites for hydroxylation is 1. The highest BCUT2D eigenvalue weighted by Gasteiger charge is 2.52. The van der Waals surface area contributed by atoms with Gasteiger partial charge in [0.25, 0.3) is 0 Å². The molecule has 0 amide bonds. The van der Waals surface area contributed by atoms with Crippen LogP contribution in [-0.2, 0) is 21.9 Å². The van der Waals surface area contributed by atoms with Crippen molar-refractivity contribution in [3.63, 3.8) is 0 Å². The van der Waals surface area contributed by atoms with Crippen LogP contribution in [0.15, 0.2) is 48.2 Å². The highest BCUT2D eigenvalue weighted by atomic mass is 19.4. The number of aliphatic hydroxyl groups is 1. The van der Waals surface area contributed by atoms with Gasteiger partial charge in [0.15, 0.2) is 5.78 Å². The fourth-order valence-corrected chi connectivity index (χ4v) is 6.92. The maximum Gasteiger partial charge on any atom is 0.416 e. The van der Waals surface area contributed by atoms with E-state index in [1.807, 2.05) is 4.90 Å². The summed E-state index contributed by atoms with van der Waals surface area (Å²) in [7, 11) is 0. The number of ether oxygens (including phenoxy) is 1. The van der Waals surface area contributed by atoms with Gasteiger partial charge in [0.1, 0.15) is 12.0 Å². The molecule has 1 aliphatic heterocycles. The summed E-state index contributed by atoms with van der Waals surface area (Å²) in [4.78, 5) is 13.9. The summed E-state index contributed by atoms with van der Waals surface area (Å²) in [6, 6.07) is 5.66. The van der Waals surface area contributed by atoms with E-state index in [1.165, 1.54) is 19.1 Å². The third-order valence-electron chi connectivity index (χ3n) is 8.88. The summed E-state index contributed by atoms with van der Waals surface area (Å²) in [5.74, 6) is -1.45. The zero-order valence-corrected chi connectivity index (χ0v) is 23.1. The molecule has 4 nitrogen and oxygen atoms in total. The topological polar surface area (TPSA) is 49.8 Å². The molecule has 2 aliphatic carbocycles. The lowest BCUT2D eigenvalue weighted by Crippen LogP contribution is -2.42. The van der Waals surface area contributed by atoms with Crippen LogP contribution in [0.1, 0.15) is 78.9 Å². The van der Waals surface area contributed by atoms with Crippen molar-refractivity contribution in [2.75, 3.05) is 6.54 Å². The molecule has 1 saturated carbocycles. The first kappa shape index (κ1) is 30.5. The Morgan fingerprint density at radius 1 is 0.976 bits per heavy atom. The zero-order valence-electron chi connectivity index (χ0n) is 23.1. The molecule has 0 spiro atoms. The number of carbonyl (C=O) groups excluding carboxylic acids is 1. The van der Waals surface area contributed by atoms with Gasteiger partial charge in [-0.3, -0.25) is 4.79 Å². The fourth-order valence-electron chi connectivity index (χ4n) is 6.92. The molecule has 0 radical (unpaired) electrons. The van der Waals surface area contributed by atoms with Crippen LogP contribution in [0.25, 0.3) is 0 Å². The Morgan fingerprint density at radius 3 is 2.24 bits per heavy atom. The van der Waals surface area contributed by atoms with Crippen molar-refractivity contribution in [3.8, 4) is 0 Å². The number of carbonyl (C=O) groups is 1. The minimum absolute atomic E-state index is 0.0152. The Balaban J connectivity index is 1.51.